The van der Waals surface area contributed by atoms with Crippen molar-refractivity contribution in [2.24, 2.45) is 0 Å². The molecular weight excluding hydrogens is 390 g/mol. The van der Waals surface area contributed by atoms with Gasteiger partial charge in [-0.05, 0) is 26.8 Å². The Kier molecular flexibility index (Phi) is 5.33. The molecule has 1 fully saturated rings. The fraction of sp³-hybridized carbons (Fsp3) is 0.529. The molecule has 0 bridgehead atoms. The van der Waals surface area contributed by atoms with E-state index in [1.807, 2.05) is 0 Å². The standard InChI is InChI=1S/C17H23N3O5S2/c1-17(2,3)25-16(21)19-7-9-20(10-8-19)27(22,23)13-11-26-14-12(13)5-6-18-15(14)24-4/h5-6,11H,7-10H2,1-4H3. The number of hydrogen-bond acceptors (Lipinski definition) is 7. The van der Waals surface area contributed by atoms with Crippen LogP contribution in [0, 0.1) is 0 Å². The summed E-state index contributed by atoms with van der Waals surface area (Å²) in [6, 6.07) is 1.68. The lowest BCUT2D eigenvalue weighted by Crippen LogP contribution is -2.51. The minimum absolute atomic E-state index is 0.223. The molecule has 0 atom stereocenters. The molecule has 0 N–H and O–H groups in total. The summed E-state index contributed by atoms with van der Waals surface area (Å²) in [4.78, 5) is 18.1. The lowest BCUT2D eigenvalue weighted by atomic mass is 10.2. The summed E-state index contributed by atoms with van der Waals surface area (Å²) < 4.78 is 38.9. The van der Waals surface area contributed by atoms with Gasteiger partial charge < -0.3 is 14.4 Å². The van der Waals surface area contributed by atoms with E-state index in [1.54, 1.807) is 32.2 Å². The molecular formula is C17H23N3O5S2. The number of ether oxygens (including phenoxy) is 2. The number of carbonyl (C=O) groups is 1. The molecule has 0 saturated carbocycles. The number of methoxy groups -OCH3 is 1. The van der Waals surface area contributed by atoms with E-state index >= 15 is 0 Å². The number of carbonyl (C=O) groups excluding carboxylic acids is 1. The van der Waals surface area contributed by atoms with Crippen LogP contribution in [0.5, 0.6) is 5.88 Å². The van der Waals surface area contributed by atoms with Gasteiger partial charge in [0.2, 0.25) is 15.9 Å². The lowest BCUT2D eigenvalue weighted by molar-refractivity contribution is 0.0192. The summed E-state index contributed by atoms with van der Waals surface area (Å²) in [7, 11) is -2.17. The van der Waals surface area contributed by atoms with Crippen LogP contribution in [0.2, 0.25) is 0 Å². The van der Waals surface area contributed by atoms with Crippen LogP contribution >= 0.6 is 11.3 Å². The first-order valence-corrected chi connectivity index (χ1v) is 10.8. The number of pyridine rings is 1. The topological polar surface area (TPSA) is 89.0 Å². The second kappa shape index (κ2) is 7.25. The van der Waals surface area contributed by atoms with Gasteiger partial charge in [0.1, 0.15) is 10.5 Å². The quantitative estimate of drug-likeness (QED) is 0.768. The zero-order valence-corrected chi connectivity index (χ0v) is 17.4. The molecule has 1 aliphatic rings. The number of thiophene rings is 1. The van der Waals surface area contributed by atoms with Gasteiger partial charge in [0.15, 0.2) is 0 Å². The zero-order valence-electron chi connectivity index (χ0n) is 15.8. The maximum Gasteiger partial charge on any atom is 0.410 e. The highest BCUT2D eigenvalue weighted by molar-refractivity contribution is 7.89. The van der Waals surface area contributed by atoms with Crippen LogP contribution in [0.4, 0.5) is 4.79 Å². The van der Waals surface area contributed by atoms with E-state index in [-0.39, 0.29) is 18.0 Å². The molecule has 1 aliphatic heterocycles. The zero-order chi connectivity index (χ0) is 19.8. The van der Waals surface area contributed by atoms with Crippen molar-refractivity contribution in [1.82, 2.24) is 14.2 Å². The van der Waals surface area contributed by atoms with Gasteiger partial charge in [-0.2, -0.15) is 4.31 Å². The van der Waals surface area contributed by atoms with E-state index < -0.39 is 21.7 Å². The first-order chi connectivity index (χ1) is 12.6. The highest BCUT2D eigenvalue weighted by Gasteiger charge is 2.33. The largest absolute Gasteiger partial charge is 0.480 e. The second-order valence-electron chi connectivity index (χ2n) is 7.17. The van der Waals surface area contributed by atoms with Crippen molar-refractivity contribution in [2.45, 2.75) is 31.3 Å². The van der Waals surface area contributed by atoms with Crippen molar-refractivity contribution >= 4 is 37.5 Å². The number of amides is 1. The summed E-state index contributed by atoms with van der Waals surface area (Å²) in [5, 5.41) is 2.21. The Morgan fingerprint density at radius 2 is 1.89 bits per heavy atom. The van der Waals surface area contributed by atoms with Crippen molar-refractivity contribution in [3.05, 3.63) is 17.6 Å². The van der Waals surface area contributed by atoms with Crippen molar-refractivity contribution in [3.8, 4) is 5.88 Å². The van der Waals surface area contributed by atoms with Gasteiger partial charge in [0.05, 0.1) is 11.8 Å². The average Bonchev–Trinajstić information content (AvgIpc) is 3.05. The van der Waals surface area contributed by atoms with Crippen LogP contribution in [0.25, 0.3) is 10.1 Å². The highest BCUT2D eigenvalue weighted by atomic mass is 32.2. The minimum Gasteiger partial charge on any atom is -0.480 e. The van der Waals surface area contributed by atoms with Crippen molar-refractivity contribution < 1.29 is 22.7 Å². The number of fused-ring (bicyclic) bond motifs is 1. The van der Waals surface area contributed by atoms with Gasteiger partial charge in [-0.15, -0.1) is 11.3 Å². The second-order valence-corrected chi connectivity index (χ2v) is 9.95. The predicted octanol–water partition coefficient (Wildman–Crippen LogP) is 2.55. The Labute approximate surface area is 162 Å². The Morgan fingerprint density at radius 1 is 1.22 bits per heavy atom. The third-order valence-corrected chi connectivity index (χ3v) is 7.19. The van der Waals surface area contributed by atoms with E-state index in [9.17, 15) is 13.2 Å². The molecule has 3 heterocycles. The molecule has 148 valence electrons. The number of rotatable bonds is 3. The van der Waals surface area contributed by atoms with E-state index in [4.69, 9.17) is 9.47 Å². The third-order valence-electron chi connectivity index (χ3n) is 4.12. The van der Waals surface area contributed by atoms with Crippen LogP contribution in [0.15, 0.2) is 22.5 Å². The van der Waals surface area contributed by atoms with E-state index in [2.05, 4.69) is 4.98 Å². The Morgan fingerprint density at radius 3 is 2.48 bits per heavy atom. The maximum atomic E-state index is 13.1. The minimum atomic E-state index is -3.67. The smallest absolute Gasteiger partial charge is 0.410 e. The summed E-state index contributed by atoms with van der Waals surface area (Å²) in [5.41, 5.74) is -0.580. The first kappa shape index (κ1) is 19.8. The molecule has 1 amide bonds. The van der Waals surface area contributed by atoms with E-state index in [1.165, 1.54) is 33.8 Å². The Balaban J connectivity index is 1.77. The molecule has 2 aromatic heterocycles. The van der Waals surface area contributed by atoms with Gasteiger partial charge in [-0.25, -0.2) is 18.2 Å². The molecule has 0 aromatic carbocycles. The molecule has 0 radical (unpaired) electrons. The molecule has 1 saturated heterocycles. The van der Waals surface area contributed by atoms with Crippen molar-refractivity contribution in [3.63, 3.8) is 0 Å². The molecule has 0 unspecified atom stereocenters. The number of nitrogens with zero attached hydrogens (tertiary/aromatic N) is 3. The summed E-state index contributed by atoms with van der Waals surface area (Å²) >= 11 is 1.29. The van der Waals surface area contributed by atoms with Gasteiger partial charge >= 0.3 is 6.09 Å². The first-order valence-electron chi connectivity index (χ1n) is 8.52. The molecule has 0 spiro atoms. The number of aromatic nitrogens is 1. The Hall–Kier alpha value is -1.91. The molecule has 0 aliphatic carbocycles. The van der Waals surface area contributed by atoms with Gasteiger partial charge in [-0.3, -0.25) is 0 Å². The fourth-order valence-corrected chi connectivity index (χ4v) is 5.79. The average molecular weight is 414 g/mol. The summed E-state index contributed by atoms with van der Waals surface area (Å²) in [6.45, 7) is 6.44. The van der Waals surface area contributed by atoms with Crippen LogP contribution in [-0.2, 0) is 14.8 Å². The van der Waals surface area contributed by atoms with Crippen LogP contribution in [0.1, 0.15) is 20.8 Å². The number of piperazine rings is 1. The molecule has 8 nitrogen and oxygen atoms in total. The molecule has 3 rings (SSSR count). The van der Waals surface area contributed by atoms with Gasteiger partial charge in [-0.1, -0.05) is 0 Å². The van der Waals surface area contributed by atoms with Gasteiger partial charge in [0.25, 0.3) is 0 Å². The van der Waals surface area contributed by atoms with Crippen molar-refractivity contribution in [2.75, 3.05) is 33.3 Å². The maximum absolute atomic E-state index is 13.1. The normalized spacial score (nSPS) is 16.5. The molecule has 2 aromatic rings. The fourth-order valence-electron chi connectivity index (χ4n) is 2.83. The Bertz CT molecular complexity index is 941. The summed E-state index contributed by atoms with van der Waals surface area (Å²) in [5.74, 6) is 0.411. The van der Waals surface area contributed by atoms with Gasteiger partial charge in [0, 0.05) is 43.1 Å². The van der Waals surface area contributed by atoms with E-state index in [0.717, 1.165) is 0 Å². The summed E-state index contributed by atoms with van der Waals surface area (Å²) in [6.07, 6.45) is 1.12. The van der Waals surface area contributed by atoms with Crippen molar-refractivity contribution in [1.29, 1.82) is 0 Å². The van der Waals surface area contributed by atoms with Crippen LogP contribution in [0.3, 0.4) is 0 Å². The monoisotopic (exact) mass is 413 g/mol. The van der Waals surface area contributed by atoms with Crippen LogP contribution in [-0.4, -0.2) is 67.6 Å². The van der Waals surface area contributed by atoms with Crippen LogP contribution < -0.4 is 4.74 Å². The third kappa shape index (κ3) is 4.02. The molecule has 27 heavy (non-hydrogen) atoms. The lowest BCUT2D eigenvalue weighted by Gasteiger charge is -2.34. The molecule has 10 heteroatoms. The number of sulfonamides is 1. The number of hydrogen-bond donors (Lipinski definition) is 0. The highest BCUT2D eigenvalue weighted by Crippen LogP contribution is 2.36. The SMILES string of the molecule is COc1nccc2c(S(=O)(=O)N3CCN(C(=O)OC(C)(C)C)CC3)csc12. The predicted molar refractivity (Wildman–Crippen MR) is 103 cm³/mol. The van der Waals surface area contributed by atoms with E-state index in [0.29, 0.717) is 29.1 Å².